The van der Waals surface area contributed by atoms with Gasteiger partial charge in [-0.3, -0.25) is 9.78 Å². The van der Waals surface area contributed by atoms with Crippen molar-refractivity contribution in [1.82, 2.24) is 19.7 Å². The maximum Gasteiger partial charge on any atom is 0.281 e. The third-order valence-electron chi connectivity index (χ3n) is 4.32. The fourth-order valence-electron chi connectivity index (χ4n) is 2.80. The number of methoxy groups -OCH3 is 1. The molecule has 2 aromatic carbocycles. The molecular weight excluding hydrogens is 366 g/mol. The fourth-order valence-corrected chi connectivity index (χ4v) is 2.80. The lowest BCUT2D eigenvalue weighted by Gasteiger charge is -2.08. The summed E-state index contributed by atoms with van der Waals surface area (Å²) in [6.07, 6.45) is 1.67. The van der Waals surface area contributed by atoms with Crippen molar-refractivity contribution in [3.05, 3.63) is 90.1 Å². The van der Waals surface area contributed by atoms with Crippen molar-refractivity contribution in [2.75, 3.05) is 12.4 Å². The van der Waals surface area contributed by atoms with E-state index in [1.807, 2.05) is 54.6 Å². The summed E-state index contributed by atoms with van der Waals surface area (Å²) in [6, 6.07) is 22.1. The van der Waals surface area contributed by atoms with E-state index in [0.717, 1.165) is 11.3 Å². The molecule has 1 N–H and O–H groups in total. The average Bonchev–Trinajstić information content (AvgIpc) is 3.23. The Bertz CT molecular complexity index is 1090. The van der Waals surface area contributed by atoms with Crippen LogP contribution in [0.1, 0.15) is 15.9 Å². The molecule has 0 spiro atoms. The number of rotatable bonds is 6. The van der Waals surface area contributed by atoms with Crippen LogP contribution in [-0.2, 0) is 6.54 Å². The van der Waals surface area contributed by atoms with Gasteiger partial charge in [0.1, 0.15) is 11.4 Å². The monoisotopic (exact) mass is 385 g/mol. The van der Waals surface area contributed by atoms with E-state index < -0.39 is 0 Å². The molecule has 0 aliphatic carbocycles. The number of aromatic nitrogens is 4. The summed E-state index contributed by atoms with van der Waals surface area (Å²) in [7, 11) is 1.63. The van der Waals surface area contributed by atoms with Crippen LogP contribution in [0.2, 0.25) is 0 Å². The fraction of sp³-hybridized carbons (Fsp3) is 0.0909. The molecule has 4 rings (SSSR count). The maximum absolute atomic E-state index is 13.0. The number of hydrogen-bond acceptors (Lipinski definition) is 6. The largest absolute Gasteiger partial charge is 0.497 e. The van der Waals surface area contributed by atoms with Gasteiger partial charge in [0.15, 0.2) is 0 Å². The minimum Gasteiger partial charge on any atom is -0.497 e. The first-order valence-corrected chi connectivity index (χ1v) is 9.09. The van der Waals surface area contributed by atoms with Crippen LogP contribution in [0, 0.1) is 0 Å². The highest BCUT2D eigenvalue weighted by Gasteiger charge is 2.19. The second kappa shape index (κ2) is 8.35. The van der Waals surface area contributed by atoms with E-state index in [4.69, 9.17) is 4.74 Å². The lowest BCUT2D eigenvalue weighted by molar-refractivity contribution is 0.0947. The molecule has 0 bridgehead atoms. The van der Waals surface area contributed by atoms with Gasteiger partial charge in [0.25, 0.3) is 5.91 Å². The van der Waals surface area contributed by atoms with Crippen molar-refractivity contribution in [2.45, 2.75) is 6.54 Å². The smallest absolute Gasteiger partial charge is 0.281 e. The van der Waals surface area contributed by atoms with E-state index >= 15 is 0 Å². The number of pyridine rings is 1. The number of benzene rings is 2. The zero-order valence-electron chi connectivity index (χ0n) is 15.8. The minimum absolute atomic E-state index is 0.266. The van der Waals surface area contributed by atoms with E-state index in [2.05, 4.69) is 20.4 Å². The van der Waals surface area contributed by atoms with Crippen molar-refractivity contribution >= 4 is 11.9 Å². The van der Waals surface area contributed by atoms with Gasteiger partial charge < -0.3 is 10.1 Å². The van der Waals surface area contributed by atoms with E-state index in [-0.39, 0.29) is 5.91 Å². The minimum atomic E-state index is -0.266. The van der Waals surface area contributed by atoms with Crippen molar-refractivity contribution in [3.63, 3.8) is 0 Å². The first-order chi connectivity index (χ1) is 14.2. The molecule has 0 radical (unpaired) electrons. The topological polar surface area (TPSA) is 81.9 Å². The third-order valence-corrected chi connectivity index (χ3v) is 4.32. The highest BCUT2D eigenvalue weighted by Crippen LogP contribution is 2.18. The number of ether oxygens (including phenoxy) is 1. The molecule has 7 nitrogen and oxygen atoms in total. The van der Waals surface area contributed by atoms with Crippen LogP contribution < -0.4 is 10.1 Å². The Hall–Kier alpha value is -4.00. The molecule has 144 valence electrons. The first-order valence-electron chi connectivity index (χ1n) is 9.09. The van der Waals surface area contributed by atoms with Crippen LogP contribution in [0.4, 0.5) is 5.95 Å². The molecule has 0 aliphatic rings. The Morgan fingerprint density at radius 2 is 1.76 bits per heavy atom. The second-order valence-electron chi connectivity index (χ2n) is 6.26. The third kappa shape index (κ3) is 4.14. The summed E-state index contributed by atoms with van der Waals surface area (Å²) < 4.78 is 6.47. The Morgan fingerprint density at radius 3 is 2.45 bits per heavy atom. The number of nitrogens with one attached hydrogen (secondary N) is 1. The van der Waals surface area contributed by atoms with Crippen LogP contribution in [0.15, 0.2) is 79.0 Å². The van der Waals surface area contributed by atoms with Crippen molar-refractivity contribution < 1.29 is 9.53 Å². The van der Waals surface area contributed by atoms with E-state index in [9.17, 15) is 4.79 Å². The molecule has 0 fully saturated rings. The molecule has 0 saturated carbocycles. The highest BCUT2D eigenvalue weighted by atomic mass is 16.5. The SMILES string of the molecule is COc1ccc(CNc2nc(-c3ccccn3)nn2C(=O)c2ccccc2)cc1. The number of carbonyl (C=O) groups is 1. The average molecular weight is 385 g/mol. The summed E-state index contributed by atoms with van der Waals surface area (Å²) in [5.74, 6) is 1.26. The molecule has 0 saturated heterocycles. The van der Waals surface area contributed by atoms with E-state index in [0.29, 0.717) is 29.6 Å². The van der Waals surface area contributed by atoms with Crippen LogP contribution in [0.5, 0.6) is 5.75 Å². The van der Waals surface area contributed by atoms with Gasteiger partial charge >= 0.3 is 0 Å². The summed E-state index contributed by atoms with van der Waals surface area (Å²) >= 11 is 0. The molecule has 2 heterocycles. The predicted octanol–water partition coefficient (Wildman–Crippen LogP) is 3.65. The quantitative estimate of drug-likeness (QED) is 0.546. The van der Waals surface area contributed by atoms with Crippen LogP contribution in [-0.4, -0.2) is 32.8 Å². The molecule has 4 aromatic rings. The van der Waals surface area contributed by atoms with Gasteiger partial charge in [0.2, 0.25) is 11.8 Å². The summed E-state index contributed by atoms with van der Waals surface area (Å²) in [5.41, 5.74) is 2.14. The maximum atomic E-state index is 13.0. The summed E-state index contributed by atoms with van der Waals surface area (Å²) in [6.45, 7) is 0.479. The van der Waals surface area contributed by atoms with Gasteiger partial charge in [-0.05, 0) is 42.0 Å². The van der Waals surface area contributed by atoms with Crippen LogP contribution >= 0.6 is 0 Å². The molecule has 0 atom stereocenters. The van der Waals surface area contributed by atoms with Gasteiger partial charge in [-0.15, -0.1) is 5.10 Å². The molecule has 0 aliphatic heterocycles. The molecule has 0 unspecified atom stereocenters. The molecule has 2 aromatic heterocycles. The summed E-state index contributed by atoms with van der Waals surface area (Å²) in [4.78, 5) is 21.8. The van der Waals surface area contributed by atoms with Gasteiger partial charge in [0, 0.05) is 18.3 Å². The van der Waals surface area contributed by atoms with Gasteiger partial charge in [-0.2, -0.15) is 9.67 Å². The Kier molecular flexibility index (Phi) is 5.29. The van der Waals surface area contributed by atoms with Crippen molar-refractivity contribution in [3.8, 4) is 17.3 Å². The molecule has 29 heavy (non-hydrogen) atoms. The normalized spacial score (nSPS) is 10.5. The molecule has 7 heteroatoms. The van der Waals surface area contributed by atoms with Crippen LogP contribution in [0.3, 0.4) is 0 Å². The van der Waals surface area contributed by atoms with E-state index in [1.54, 1.807) is 31.5 Å². The number of carbonyl (C=O) groups excluding carboxylic acids is 1. The lowest BCUT2D eigenvalue weighted by Crippen LogP contribution is -2.17. The summed E-state index contributed by atoms with van der Waals surface area (Å²) in [5, 5.41) is 7.62. The molecular formula is C22H19N5O2. The van der Waals surface area contributed by atoms with E-state index in [1.165, 1.54) is 4.68 Å². The number of nitrogens with zero attached hydrogens (tertiary/aromatic N) is 4. The predicted molar refractivity (Wildman–Crippen MR) is 110 cm³/mol. The van der Waals surface area contributed by atoms with Crippen molar-refractivity contribution in [2.24, 2.45) is 0 Å². The standard InChI is InChI=1S/C22H19N5O2/c1-29-18-12-10-16(11-13-18)15-24-22-25-20(19-9-5-6-14-23-19)26-27(22)21(28)17-7-3-2-4-8-17/h2-14H,15H2,1H3,(H,24,25,26). The number of anilines is 1. The zero-order valence-corrected chi connectivity index (χ0v) is 15.8. The molecule has 0 amide bonds. The number of hydrogen-bond donors (Lipinski definition) is 1. The van der Waals surface area contributed by atoms with Crippen LogP contribution in [0.25, 0.3) is 11.5 Å². The van der Waals surface area contributed by atoms with Gasteiger partial charge in [0.05, 0.1) is 7.11 Å². The zero-order chi connectivity index (χ0) is 20.1. The lowest BCUT2D eigenvalue weighted by atomic mass is 10.2. The Morgan fingerprint density at radius 1 is 1.00 bits per heavy atom. The Balaban J connectivity index is 1.65. The van der Waals surface area contributed by atoms with Gasteiger partial charge in [-0.1, -0.05) is 36.4 Å². The van der Waals surface area contributed by atoms with Gasteiger partial charge in [-0.25, -0.2) is 0 Å². The second-order valence-corrected chi connectivity index (χ2v) is 6.26. The first kappa shape index (κ1) is 18.4. The van der Waals surface area contributed by atoms with Crippen molar-refractivity contribution in [1.29, 1.82) is 0 Å². The Labute approximate surface area is 168 Å². The highest BCUT2D eigenvalue weighted by molar-refractivity contribution is 5.97.